The van der Waals surface area contributed by atoms with Crippen molar-refractivity contribution in [3.8, 4) is 17.1 Å². The molecule has 0 saturated heterocycles. The van der Waals surface area contributed by atoms with Crippen LogP contribution in [-0.2, 0) is 11.8 Å². The molecular formula is C19H28N4O2S. The van der Waals surface area contributed by atoms with Crippen LogP contribution >= 0.6 is 11.8 Å². The lowest BCUT2D eigenvalue weighted by molar-refractivity contribution is -0.133. The second-order valence-electron chi connectivity index (χ2n) is 6.79. The van der Waals surface area contributed by atoms with Gasteiger partial charge in [0.15, 0.2) is 11.0 Å². The molecule has 7 heteroatoms. The van der Waals surface area contributed by atoms with Crippen LogP contribution in [0.15, 0.2) is 29.4 Å². The maximum atomic E-state index is 12.8. The fourth-order valence-corrected chi connectivity index (χ4v) is 3.80. The Hall–Kier alpha value is -2.02. The molecule has 0 fully saturated rings. The highest BCUT2D eigenvalue weighted by Crippen LogP contribution is 2.28. The average molecular weight is 377 g/mol. The van der Waals surface area contributed by atoms with E-state index in [2.05, 4.69) is 10.2 Å². The van der Waals surface area contributed by atoms with Crippen molar-refractivity contribution in [3.63, 3.8) is 0 Å². The van der Waals surface area contributed by atoms with Crippen molar-refractivity contribution in [2.24, 2.45) is 7.05 Å². The summed E-state index contributed by atoms with van der Waals surface area (Å²) in [5.74, 6) is 1.68. The third kappa shape index (κ3) is 4.38. The summed E-state index contributed by atoms with van der Waals surface area (Å²) in [4.78, 5) is 14.7. The number of rotatable bonds is 7. The molecule has 1 unspecified atom stereocenters. The normalized spacial score (nSPS) is 12.5. The summed E-state index contributed by atoms with van der Waals surface area (Å²) >= 11 is 1.44. The molecule has 142 valence electrons. The lowest BCUT2D eigenvalue weighted by atomic mass is 10.2. The van der Waals surface area contributed by atoms with Gasteiger partial charge >= 0.3 is 0 Å². The van der Waals surface area contributed by atoms with E-state index in [9.17, 15) is 4.79 Å². The van der Waals surface area contributed by atoms with E-state index in [1.54, 1.807) is 7.11 Å². The molecule has 0 aliphatic carbocycles. The molecule has 0 saturated carbocycles. The van der Waals surface area contributed by atoms with Crippen molar-refractivity contribution in [1.82, 2.24) is 19.7 Å². The number of thioether (sulfide) groups is 1. The van der Waals surface area contributed by atoms with Crippen molar-refractivity contribution < 1.29 is 9.53 Å². The van der Waals surface area contributed by atoms with Crippen LogP contribution < -0.4 is 4.74 Å². The Morgan fingerprint density at radius 1 is 1.08 bits per heavy atom. The number of hydrogen-bond donors (Lipinski definition) is 0. The fourth-order valence-electron chi connectivity index (χ4n) is 2.93. The summed E-state index contributed by atoms with van der Waals surface area (Å²) in [5.41, 5.74) is 0.956. The second kappa shape index (κ2) is 8.58. The molecule has 0 radical (unpaired) electrons. The molecule has 0 spiro atoms. The molecule has 26 heavy (non-hydrogen) atoms. The van der Waals surface area contributed by atoms with Crippen LogP contribution in [0, 0.1) is 0 Å². The molecule has 1 aromatic heterocycles. The molecule has 1 aromatic carbocycles. The van der Waals surface area contributed by atoms with Crippen molar-refractivity contribution in [2.75, 3.05) is 7.11 Å². The smallest absolute Gasteiger partial charge is 0.236 e. The standard InChI is InChI=1S/C19H28N4O2S/c1-12(2)23(13(3)4)18(24)14(5)26-19-21-20-17(22(19)6)15-8-10-16(25-7)11-9-15/h8-14H,1-7H3. The second-order valence-corrected chi connectivity index (χ2v) is 8.09. The number of methoxy groups -OCH3 is 1. The Morgan fingerprint density at radius 3 is 2.15 bits per heavy atom. The third-order valence-electron chi connectivity index (χ3n) is 4.18. The van der Waals surface area contributed by atoms with Gasteiger partial charge in [-0.05, 0) is 58.9 Å². The van der Waals surface area contributed by atoms with Crippen molar-refractivity contribution in [2.45, 2.75) is 57.1 Å². The highest BCUT2D eigenvalue weighted by Gasteiger charge is 2.27. The first kappa shape index (κ1) is 20.3. The number of benzene rings is 1. The summed E-state index contributed by atoms with van der Waals surface area (Å²) in [6.45, 7) is 10.1. The number of carbonyl (C=O) groups is 1. The Labute approximate surface area is 159 Å². The van der Waals surface area contributed by atoms with Gasteiger partial charge in [0.1, 0.15) is 5.75 Å². The summed E-state index contributed by atoms with van der Waals surface area (Å²) in [7, 11) is 3.56. The molecule has 1 amide bonds. The van der Waals surface area contributed by atoms with E-state index in [1.807, 2.05) is 75.4 Å². The Balaban J connectivity index is 2.17. The quantitative estimate of drug-likeness (QED) is 0.691. The molecule has 0 aliphatic heterocycles. The number of hydrogen-bond acceptors (Lipinski definition) is 5. The molecular weight excluding hydrogens is 348 g/mol. The van der Waals surface area contributed by atoms with Gasteiger partial charge in [0, 0.05) is 24.7 Å². The van der Waals surface area contributed by atoms with E-state index in [0.29, 0.717) is 0 Å². The summed E-state index contributed by atoms with van der Waals surface area (Å²) in [6.07, 6.45) is 0. The van der Waals surface area contributed by atoms with Crippen LogP contribution in [-0.4, -0.2) is 50.0 Å². The van der Waals surface area contributed by atoms with E-state index in [0.717, 1.165) is 22.3 Å². The van der Waals surface area contributed by atoms with Crippen LogP contribution in [0.25, 0.3) is 11.4 Å². The number of nitrogens with zero attached hydrogens (tertiary/aromatic N) is 4. The highest BCUT2D eigenvalue weighted by atomic mass is 32.2. The molecule has 0 aliphatic rings. The first-order valence-electron chi connectivity index (χ1n) is 8.78. The van der Waals surface area contributed by atoms with Crippen molar-refractivity contribution >= 4 is 17.7 Å². The van der Waals surface area contributed by atoms with Crippen LogP contribution in [0.4, 0.5) is 0 Å². The van der Waals surface area contributed by atoms with E-state index < -0.39 is 0 Å². The maximum absolute atomic E-state index is 12.8. The van der Waals surface area contributed by atoms with Gasteiger partial charge in [-0.3, -0.25) is 4.79 Å². The van der Waals surface area contributed by atoms with Gasteiger partial charge in [-0.25, -0.2) is 0 Å². The monoisotopic (exact) mass is 376 g/mol. The Kier molecular flexibility index (Phi) is 6.69. The number of ether oxygens (including phenoxy) is 1. The van der Waals surface area contributed by atoms with Gasteiger partial charge in [0.05, 0.1) is 12.4 Å². The van der Waals surface area contributed by atoms with E-state index >= 15 is 0 Å². The van der Waals surface area contributed by atoms with E-state index in [1.165, 1.54) is 11.8 Å². The fraction of sp³-hybridized carbons (Fsp3) is 0.526. The predicted octanol–water partition coefficient (Wildman–Crippen LogP) is 3.62. The van der Waals surface area contributed by atoms with Crippen molar-refractivity contribution in [3.05, 3.63) is 24.3 Å². The zero-order valence-corrected chi connectivity index (χ0v) is 17.4. The van der Waals surface area contributed by atoms with Gasteiger partial charge in [-0.2, -0.15) is 0 Å². The number of carbonyl (C=O) groups excluding carboxylic acids is 1. The van der Waals surface area contributed by atoms with Gasteiger partial charge in [0.25, 0.3) is 0 Å². The van der Waals surface area contributed by atoms with E-state index in [4.69, 9.17) is 4.74 Å². The Morgan fingerprint density at radius 2 is 1.65 bits per heavy atom. The van der Waals surface area contributed by atoms with Gasteiger partial charge < -0.3 is 14.2 Å². The third-order valence-corrected chi connectivity index (χ3v) is 5.30. The maximum Gasteiger partial charge on any atom is 0.236 e. The lowest BCUT2D eigenvalue weighted by Gasteiger charge is -2.32. The van der Waals surface area contributed by atoms with Gasteiger partial charge in [0.2, 0.25) is 5.91 Å². The number of amides is 1. The highest BCUT2D eigenvalue weighted by molar-refractivity contribution is 8.00. The molecule has 1 atom stereocenters. The van der Waals surface area contributed by atoms with Crippen LogP contribution in [0.5, 0.6) is 5.75 Å². The minimum absolute atomic E-state index is 0.119. The molecule has 2 rings (SSSR count). The first-order valence-corrected chi connectivity index (χ1v) is 9.66. The average Bonchev–Trinajstić information content (AvgIpc) is 2.95. The molecule has 1 heterocycles. The minimum Gasteiger partial charge on any atom is -0.497 e. The zero-order valence-electron chi connectivity index (χ0n) is 16.6. The lowest BCUT2D eigenvalue weighted by Crippen LogP contribution is -2.45. The number of aromatic nitrogens is 3. The van der Waals surface area contributed by atoms with Gasteiger partial charge in [-0.1, -0.05) is 11.8 Å². The van der Waals surface area contributed by atoms with E-state index in [-0.39, 0.29) is 23.2 Å². The largest absolute Gasteiger partial charge is 0.497 e. The summed E-state index contributed by atoms with van der Waals surface area (Å²) in [5, 5.41) is 9.07. The molecule has 6 nitrogen and oxygen atoms in total. The molecule has 0 N–H and O–H groups in total. The SMILES string of the molecule is COc1ccc(-c2nnc(SC(C)C(=O)N(C(C)C)C(C)C)n2C)cc1. The Bertz CT molecular complexity index is 732. The minimum atomic E-state index is -0.230. The van der Waals surface area contributed by atoms with Crippen molar-refractivity contribution in [1.29, 1.82) is 0 Å². The van der Waals surface area contributed by atoms with Gasteiger partial charge in [-0.15, -0.1) is 10.2 Å². The predicted molar refractivity (Wildman–Crippen MR) is 105 cm³/mol. The van der Waals surface area contributed by atoms with Crippen LogP contribution in [0.2, 0.25) is 0 Å². The first-order chi connectivity index (χ1) is 12.3. The summed E-state index contributed by atoms with van der Waals surface area (Å²) in [6, 6.07) is 8.02. The zero-order chi connectivity index (χ0) is 19.4. The topological polar surface area (TPSA) is 60.3 Å². The molecule has 0 bridgehead atoms. The summed E-state index contributed by atoms with van der Waals surface area (Å²) < 4.78 is 7.11. The van der Waals surface area contributed by atoms with Crippen LogP contribution in [0.1, 0.15) is 34.6 Å². The molecule has 2 aromatic rings. The van der Waals surface area contributed by atoms with Crippen LogP contribution in [0.3, 0.4) is 0 Å².